The Kier molecular flexibility index (Phi) is 6.52. The quantitative estimate of drug-likeness (QED) is 0.868. The first-order chi connectivity index (χ1) is 12.7. The Bertz CT molecular complexity index is 589. The molecule has 1 aromatic rings. The summed E-state index contributed by atoms with van der Waals surface area (Å²) in [4.78, 5) is 24.9. The van der Waals surface area contributed by atoms with E-state index in [1.54, 1.807) is 11.2 Å². The van der Waals surface area contributed by atoms with E-state index in [1.807, 2.05) is 6.92 Å². The van der Waals surface area contributed by atoms with Crippen LogP contribution in [-0.4, -0.2) is 59.3 Å². The predicted octanol–water partition coefficient (Wildman–Crippen LogP) is 3.28. The van der Waals surface area contributed by atoms with Gasteiger partial charge in [0.2, 0.25) is 0 Å². The van der Waals surface area contributed by atoms with Crippen molar-refractivity contribution in [2.75, 3.05) is 36.5 Å². The van der Waals surface area contributed by atoms with Gasteiger partial charge in [0.15, 0.2) is 0 Å². The van der Waals surface area contributed by atoms with Crippen LogP contribution in [0.25, 0.3) is 0 Å². The number of likely N-dealkylation sites (tertiary alicyclic amines) is 1. The van der Waals surface area contributed by atoms with Gasteiger partial charge in [-0.3, -0.25) is 0 Å². The maximum Gasteiger partial charge on any atom is 0.409 e. The number of rotatable bonds is 5. The van der Waals surface area contributed by atoms with Crippen molar-refractivity contribution in [2.45, 2.75) is 64.5 Å². The Morgan fingerprint density at radius 3 is 2.73 bits per heavy atom. The Hall–Kier alpha value is -2.05. The molecule has 7 nitrogen and oxygen atoms in total. The zero-order valence-corrected chi connectivity index (χ0v) is 16.0. The van der Waals surface area contributed by atoms with Crippen molar-refractivity contribution < 1.29 is 9.53 Å². The molecule has 2 aliphatic heterocycles. The number of ether oxygens (including phenoxy) is 1. The molecule has 3 heterocycles. The summed E-state index contributed by atoms with van der Waals surface area (Å²) in [6, 6.07) is 2.98. The molecule has 2 fully saturated rings. The topological polar surface area (TPSA) is 70.6 Å². The average Bonchev–Trinajstić information content (AvgIpc) is 2.69. The van der Waals surface area contributed by atoms with Gasteiger partial charge in [0, 0.05) is 37.8 Å². The lowest BCUT2D eigenvalue weighted by molar-refractivity contribution is 0.0983. The fraction of sp³-hybridized carbons (Fsp3) is 0.737. The molecule has 1 aromatic heterocycles. The number of carbonyl (C=O) groups excluding carboxylic acids is 1. The third-order valence-electron chi connectivity index (χ3n) is 5.42. The van der Waals surface area contributed by atoms with Crippen LogP contribution in [0.1, 0.15) is 52.4 Å². The van der Waals surface area contributed by atoms with E-state index in [0.29, 0.717) is 18.7 Å². The fourth-order valence-corrected chi connectivity index (χ4v) is 3.94. The number of anilines is 2. The van der Waals surface area contributed by atoms with Crippen molar-refractivity contribution in [3.8, 4) is 0 Å². The van der Waals surface area contributed by atoms with E-state index >= 15 is 0 Å². The second-order valence-corrected chi connectivity index (χ2v) is 7.12. The molecule has 0 aliphatic carbocycles. The molecule has 2 aliphatic rings. The minimum absolute atomic E-state index is 0.203. The van der Waals surface area contributed by atoms with Crippen molar-refractivity contribution >= 4 is 17.7 Å². The molecule has 0 saturated carbocycles. The lowest BCUT2D eigenvalue weighted by Gasteiger charge is -2.36. The van der Waals surface area contributed by atoms with E-state index in [9.17, 15) is 4.79 Å². The fourth-order valence-electron chi connectivity index (χ4n) is 3.94. The van der Waals surface area contributed by atoms with Gasteiger partial charge in [-0.25, -0.2) is 14.8 Å². The number of nitrogens with zero attached hydrogens (tertiary/aromatic N) is 4. The van der Waals surface area contributed by atoms with Crippen LogP contribution >= 0.6 is 0 Å². The number of piperidine rings is 2. The Morgan fingerprint density at radius 2 is 2.00 bits per heavy atom. The maximum absolute atomic E-state index is 11.8. The monoisotopic (exact) mass is 361 g/mol. The van der Waals surface area contributed by atoms with Gasteiger partial charge in [-0.15, -0.1) is 0 Å². The van der Waals surface area contributed by atoms with E-state index in [-0.39, 0.29) is 6.09 Å². The van der Waals surface area contributed by atoms with E-state index in [4.69, 9.17) is 4.74 Å². The molecular weight excluding hydrogens is 330 g/mol. The number of hydrogen-bond donors (Lipinski definition) is 1. The number of hydrogen-bond acceptors (Lipinski definition) is 6. The van der Waals surface area contributed by atoms with Gasteiger partial charge in [0.05, 0.1) is 6.61 Å². The summed E-state index contributed by atoms with van der Waals surface area (Å²) in [7, 11) is 0. The van der Waals surface area contributed by atoms with Gasteiger partial charge in [-0.2, -0.15) is 0 Å². The molecule has 7 heteroatoms. The molecule has 144 valence electrons. The highest BCUT2D eigenvalue weighted by Crippen LogP contribution is 2.26. The second-order valence-electron chi connectivity index (χ2n) is 7.12. The van der Waals surface area contributed by atoms with Crippen LogP contribution in [0.15, 0.2) is 12.4 Å². The molecule has 1 atom stereocenters. The Labute approximate surface area is 156 Å². The summed E-state index contributed by atoms with van der Waals surface area (Å²) in [5.41, 5.74) is 0. The van der Waals surface area contributed by atoms with Crippen LogP contribution in [0.2, 0.25) is 0 Å². The molecule has 1 unspecified atom stereocenters. The van der Waals surface area contributed by atoms with Crippen molar-refractivity contribution in [3.05, 3.63) is 12.4 Å². The lowest BCUT2D eigenvalue weighted by atomic mass is 10.00. The normalized spacial score (nSPS) is 21.5. The zero-order chi connectivity index (χ0) is 18.4. The minimum Gasteiger partial charge on any atom is -0.450 e. The first kappa shape index (κ1) is 18.7. The number of amides is 1. The number of carbonyl (C=O) groups is 1. The van der Waals surface area contributed by atoms with E-state index in [1.165, 1.54) is 19.3 Å². The van der Waals surface area contributed by atoms with Crippen LogP contribution in [0.4, 0.5) is 16.4 Å². The second kappa shape index (κ2) is 9.05. The third-order valence-corrected chi connectivity index (χ3v) is 5.42. The standard InChI is InChI=1S/C19H31N5O2/c1-3-16-7-5-6-10-24(16)18-13-17(20-14-21-18)22-15-8-11-23(12-9-15)19(25)26-4-2/h13-16H,3-12H2,1-2H3,(H,20,21,22). The molecule has 1 N–H and O–H groups in total. The van der Waals surface area contributed by atoms with Crippen LogP contribution in [0.3, 0.4) is 0 Å². The highest BCUT2D eigenvalue weighted by atomic mass is 16.6. The molecule has 0 radical (unpaired) electrons. The smallest absolute Gasteiger partial charge is 0.409 e. The van der Waals surface area contributed by atoms with Crippen LogP contribution < -0.4 is 10.2 Å². The molecular formula is C19H31N5O2. The lowest BCUT2D eigenvalue weighted by Crippen LogP contribution is -2.42. The molecule has 0 spiro atoms. The van der Waals surface area contributed by atoms with Crippen molar-refractivity contribution in [3.63, 3.8) is 0 Å². The van der Waals surface area contributed by atoms with Crippen molar-refractivity contribution in [1.29, 1.82) is 0 Å². The summed E-state index contributed by atoms with van der Waals surface area (Å²) in [6.07, 6.45) is 8.20. The summed E-state index contributed by atoms with van der Waals surface area (Å²) in [5.74, 6) is 1.91. The van der Waals surface area contributed by atoms with Crippen LogP contribution in [-0.2, 0) is 4.74 Å². The summed E-state index contributed by atoms with van der Waals surface area (Å²) in [6.45, 7) is 7.03. The molecule has 2 saturated heterocycles. The molecule has 0 bridgehead atoms. The Balaban J connectivity index is 1.57. The van der Waals surface area contributed by atoms with Gasteiger partial charge in [0.1, 0.15) is 18.0 Å². The molecule has 3 rings (SSSR count). The highest BCUT2D eigenvalue weighted by molar-refractivity contribution is 5.67. The van der Waals surface area contributed by atoms with Gasteiger partial charge in [-0.05, 0) is 45.4 Å². The molecule has 0 aromatic carbocycles. The predicted molar refractivity (Wildman–Crippen MR) is 103 cm³/mol. The SMILES string of the molecule is CCOC(=O)N1CCC(Nc2cc(N3CCCCC3CC)ncn2)CC1. The average molecular weight is 361 g/mol. The summed E-state index contributed by atoms with van der Waals surface area (Å²) in [5, 5.41) is 3.53. The highest BCUT2D eigenvalue weighted by Gasteiger charge is 2.25. The van der Waals surface area contributed by atoms with E-state index in [0.717, 1.165) is 50.5 Å². The van der Waals surface area contributed by atoms with Gasteiger partial charge < -0.3 is 19.9 Å². The molecule has 26 heavy (non-hydrogen) atoms. The maximum atomic E-state index is 11.8. The van der Waals surface area contributed by atoms with Crippen molar-refractivity contribution in [1.82, 2.24) is 14.9 Å². The Morgan fingerprint density at radius 1 is 1.19 bits per heavy atom. The minimum atomic E-state index is -0.203. The first-order valence-electron chi connectivity index (χ1n) is 9.98. The summed E-state index contributed by atoms with van der Waals surface area (Å²) >= 11 is 0. The number of aromatic nitrogens is 2. The zero-order valence-electron chi connectivity index (χ0n) is 16.0. The van der Waals surface area contributed by atoms with Crippen LogP contribution in [0.5, 0.6) is 0 Å². The van der Waals surface area contributed by atoms with E-state index < -0.39 is 0 Å². The summed E-state index contributed by atoms with van der Waals surface area (Å²) < 4.78 is 5.08. The third kappa shape index (κ3) is 4.56. The van der Waals surface area contributed by atoms with Crippen LogP contribution in [0, 0.1) is 0 Å². The number of nitrogens with one attached hydrogen (secondary N) is 1. The van der Waals surface area contributed by atoms with Gasteiger partial charge >= 0.3 is 6.09 Å². The van der Waals surface area contributed by atoms with E-state index in [2.05, 4.69) is 33.2 Å². The van der Waals surface area contributed by atoms with Crippen molar-refractivity contribution in [2.24, 2.45) is 0 Å². The molecule has 1 amide bonds. The van der Waals surface area contributed by atoms with Gasteiger partial charge in [-0.1, -0.05) is 6.92 Å². The largest absolute Gasteiger partial charge is 0.450 e. The van der Waals surface area contributed by atoms with Gasteiger partial charge in [0.25, 0.3) is 0 Å². The first-order valence-corrected chi connectivity index (χ1v) is 9.98.